The number of carbonyl (C=O) groups excluding carboxylic acids is 4. The molecule has 8 nitrogen and oxygen atoms in total. The molecular formula is C16H6N2O6. The van der Waals surface area contributed by atoms with E-state index in [2.05, 4.69) is 19.7 Å². The normalized spacial score (nSPS) is 15.5. The Bertz CT molecular complexity index is 992. The van der Waals surface area contributed by atoms with Gasteiger partial charge in [0, 0.05) is 0 Å². The Morgan fingerprint density at radius 1 is 0.667 bits per heavy atom. The van der Waals surface area contributed by atoms with Crippen molar-refractivity contribution in [2.75, 3.05) is 0 Å². The van der Waals surface area contributed by atoms with E-state index in [1.807, 2.05) is 0 Å². The van der Waals surface area contributed by atoms with E-state index in [4.69, 9.17) is 0 Å². The van der Waals surface area contributed by atoms with Crippen molar-refractivity contribution in [3.63, 3.8) is 0 Å². The van der Waals surface area contributed by atoms with E-state index in [-0.39, 0.29) is 33.6 Å². The maximum absolute atomic E-state index is 11.7. The third kappa shape index (κ3) is 2.01. The van der Waals surface area contributed by atoms with E-state index >= 15 is 0 Å². The van der Waals surface area contributed by atoms with Crippen LogP contribution in [-0.2, 0) is 9.47 Å². The van der Waals surface area contributed by atoms with E-state index in [9.17, 15) is 19.2 Å². The van der Waals surface area contributed by atoms with Crippen LogP contribution in [0.1, 0.15) is 41.4 Å². The first-order valence-electron chi connectivity index (χ1n) is 6.76. The molecule has 4 rings (SSSR count). The molecule has 0 N–H and O–H groups in total. The molecule has 0 unspecified atom stereocenters. The number of esters is 4. The van der Waals surface area contributed by atoms with Crippen LogP contribution in [0.2, 0.25) is 0 Å². The molecule has 2 heterocycles. The van der Waals surface area contributed by atoms with Gasteiger partial charge in [0.25, 0.3) is 0 Å². The van der Waals surface area contributed by atoms with Crippen molar-refractivity contribution in [3.8, 4) is 0 Å². The molecule has 0 radical (unpaired) electrons. The first kappa shape index (κ1) is 13.9. The van der Waals surface area contributed by atoms with Crippen LogP contribution >= 0.6 is 0 Å². The van der Waals surface area contributed by atoms with Crippen molar-refractivity contribution in [1.29, 1.82) is 0 Å². The van der Waals surface area contributed by atoms with Gasteiger partial charge < -0.3 is 9.47 Å². The largest absolute Gasteiger partial charge is 0.386 e. The summed E-state index contributed by atoms with van der Waals surface area (Å²) in [5, 5.41) is 7.87. The number of ether oxygens (including phenoxy) is 2. The summed E-state index contributed by atoms with van der Waals surface area (Å²) in [5.41, 5.74) is 0.887. The van der Waals surface area contributed by atoms with Gasteiger partial charge in [-0.15, -0.1) is 5.11 Å². The molecule has 2 aromatic carbocycles. The molecule has 0 spiro atoms. The predicted molar refractivity (Wildman–Crippen MR) is 76.6 cm³/mol. The van der Waals surface area contributed by atoms with Crippen LogP contribution < -0.4 is 0 Å². The quantitative estimate of drug-likeness (QED) is 0.477. The number of azo groups is 1. The minimum absolute atomic E-state index is 0.0435. The number of nitrogens with zero attached hydrogens (tertiary/aromatic N) is 2. The van der Waals surface area contributed by atoms with Gasteiger partial charge >= 0.3 is 23.9 Å². The molecule has 0 aliphatic carbocycles. The number of cyclic esters (lactones) is 4. The molecular weight excluding hydrogens is 316 g/mol. The minimum atomic E-state index is -0.785. The van der Waals surface area contributed by atoms with Gasteiger partial charge in [0.2, 0.25) is 0 Å². The molecule has 0 aromatic heterocycles. The zero-order valence-electron chi connectivity index (χ0n) is 11.8. The molecule has 8 heteroatoms. The first-order chi connectivity index (χ1) is 11.5. The Balaban J connectivity index is 1.72. The van der Waals surface area contributed by atoms with Gasteiger partial charge in [-0.05, 0) is 30.3 Å². The lowest BCUT2D eigenvalue weighted by Gasteiger charge is -1.98. The molecule has 0 bridgehead atoms. The van der Waals surface area contributed by atoms with Crippen LogP contribution in [-0.4, -0.2) is 23.9 Å². The molecule has 0 saturated carbocycles. The smallest absolute Gasteiger partial charge is 0.349 e. The van der Waals surface area contributed by atoms with E-state index < -0.39 is 23.9 Å². The number of rotatable bonds is 2. The van der Waals surface area contributed by atoms with Gasteiger partial charge in [-0.2, -0.15) is 5.11 Å². The van der Waals surface area contributed by atoms with Crippen molar-refractivity contribution in [1.82, 2.24) is 0 Å². The Morgan fingerprint density at radius 2 is 1.38 bits per heavy atom. The highest BCUT2D eigenvalue weighted by molar-refractivity contribution is 6.17. The number of hydrogen-bond donors (Lipinski definition) is 0. The average molecular weight is 322 g/mol. The van der Waals surface area contributed by atoms with Crippen LogP contribution in [0.4, 0.5) is 11.4 Å². The molecule has 2 aliphatic heterocycles. The fourth-order valence-electron chi connectivity index (χ4n) is 2.45. The van der Waals surface area contributed by atoms with Crippen LogP contribution in [0.5, 0.6) is 0 Å². The van der Waals surface area contributed by atoms with Gasteiger partial charge in [-0.1, -0.05) is 6.07 Å². The third-order valence-corrected chi connectivity index (χ3v) is 3.55. The first-order valence-corrected chi connectivity index (χ1v) is 6.76. The lowest BCUT2D eigenvalue weighted by molar-refractivity contribution is 0.0426. The second-order valence-electron chi connectivity index (χ2n) is 4.98. The molecule has 2 aliphatic rings. The van der Waals surface area contributed by atoms with Crippen LogP contribution in [0.25, 0.3) is 0 Å². The number of carbonyl (C=O) groups is 4. The number of benzene rings is 2. The maximum Gasteiger partial charge on any atom is 0.349 e. The highest BCUT2D eigenvalue weighted by Gasteiger charge is 2.32. The summed E-state index contributed by atoms with van der Waals surface area (Å²) in [7, 11) is 0. The van der Waals surface area contributed by atoms with Crippen LogP contribution in [0, 0.1) is 0 Å². The molecule has 0 amide bonds. The van der Waals surface area contributed by atoms with E-state index in [0.717, 1.165) is 0 Å². The highest BCUT2D eigenvalue weighted by Crippen LogP contribution is 2.31. The molecule has 0 saturated heterocycles. The van der Waals surface area contributed by atoms with Crippen molar-refractivity contribution in [2.24, 2.45) is 10.2 Å². The third-order valence-electron chi connectivity index (χ3n) is 3.55. The lowest BCUT2D eigenvalue weighted by Crippen LogP contribution is -1.97. The van der Waals surface area contributed by atoms with Gasteiger partial charge in [-0.25, -0.2) is 19.2 Å². The van der Waals surface area contributed by atoms with E-state index in [0.29, 0.717) is 0 Å². The molecule has 2 aromatic rings. The Kier molecular flexibility index (Phi) is 2.86. The topological polar surface area (TPSA) is 111 Å². The zero-order chi connectivity index (χ0) is 16.8. The Labute approximate surface area is 133 Å². The van der Waals surface area contributed by atoms with Gasteiger partial charge in [0.05, 0.1) is 22.4 Å². The Hall–Kier alpha value is -3.68. The summed E-state index contributed by atoms with van der Waals surface area (Å²) in [5.74, 6) is -2.97. The highest BCUT2D eigenvalue weighted by atomic mass is 16.6. The average Bonchev–Trinajstić information content (AvgIpc) is 3.02. The summed E-state index contributed by atoms with van der Waals surface area (Å²) in [4.78, 5) is 46.1. The van der Waals surface area contributed by atoms with Crippen molar-refractivity contribution in [2.45, 2.75) is 0 Å². The number of hydrogen-bond acceptors (Lipinski definition) is 8. The van der Waals surface area contributed by atoms with Crippen molar-refractivity contribution in [3.05, 3.63) is 58.7 Å². The van der Waals surface area contributed by atoms with Crippen molar-refractivity contribution < 1.29 is 28.7 Å². The summed E-state index contributed by atoms with van der Waals surface area (Å²) in [6.07, 6.45) is 0. The second kappa shape index (κ2) is 4.92. The second-order valence-corrected chi connectivity index (χ2v) is 4.98. The van der Waals surface area contributed by atoms with E-state index in [1.165, 1.54) is 30.3 Å². The SMILES string of the molecule is O=C1OC(=O)c2cc(N=Nc3cccc4c3C(=O)OC4=O)ccc21. The van der Waals surface area contributed by atoms with Gasteiger partial charge in [-0.3, -0.25) is 0 Å². The summed E-state index contributed by atoms with van der Waals surface area (Å²) in [6, 6.07) is 8.76. The van der Waals surface area contributed by atoms with Crippen molar-refractivity contribution >= 4 is 35.3 Å². The monoisotopic (exact) mass is 322 g/mol. The summed E-state index contributed by atoms with van der Waals surface area (Å²) in [6.45, 7) is 0. The summed E-state index contributed by atoms with van der Waals surface area (Å²) < 4.78 is 9.02. The fourth-order valence-corrected chi connectivity index (χ4v) is 2.45. The molecule has 24 heavy (non-hydrogen) atoms. The standard InChI is InChI=1S/C16H6N2O6/c19-13-8-5-4-7(6-10(8)15(21)23-13)17-18-11-3-1-2-9-12(11)16(22)24-14(9)20/h1-6H. The van der Waals surface area contributed by atoms with Gasteiger partial charge in [0.1, 0.15) is 11.3 Å². The van der Waals surface area contributed by atoms with Crippen LogP contribution in [0.15, 0.2) is 46.6 Å². The van der Waals surface area contributed by atoms with Crippen LogP contribution in [0.3, 0.4) is 0 Å². The Morgan fingerprint density at radius 3 is 2.21 bits per heavy atom. The van der Waals surface area contributed by atoms with E-state index in [1.54, 1.807) is 6.07 Å². The molecule has 0 fully saturated rings. The predicted octanol–water partition coefficient (Wildman–Crippen LogP) is 2.72. The molecule has 116 valence electrons. The minimum Gasteiger partial charge on any atom is -0.386 e. The number of fused-ring (bicyclic) bond motifs is 2. The zero-order valence-corrected chi connectivity index (χ0v) is 11.8. The maximum atomic E-state index is 11.7. The summed E-state index contributed by atoms with van der Waals surface area (Å²) >= 11 is 0. The van der Waals surface area contributed by atoms with Gasteiger partial charge in [0.15, 0.2) is 0 Å². The molecule has 0 atom stereocenters. The lowest BCUT2D eigenvalue weighted by atomic mass is 10.1. The fraction of sp³-hybridized carbons (Fsp3) is 0.